The van der Waals surface area contributed by atoms with Crippen molar-refractivity contribution in [2.75, 3.05) is 6.54 Å². The van der Waals surface area contributed by atoms with Crippen LogP contribution in [-0.2, 0) is 19.1 Å². The minimum atomic E-state index is -1.02. The monoisotopic (exact) mass is 744 g/mol. The molecule has 0 rings (SSSR count). The number of ether oxygens (including phenoxy) is 1. The van der Waals surface area contributed by atoms with Gasteiger partial charge in [0.1, 0.15) is 12.6 Å². The summed E-state index contributed by atoms with van der Waals surface area (Å²) in [6.45, 7) is 4.21. The summed E-state index contributed by atoms with van der Waals surface area (Å²) >= 11 is 0. The van der Waals surface area contributed by atoms with Crippen LogP contribution in [0.15, 0.2) is 36.5 Å². The fourth-order valence-electron chi connectivity index (χ4n) is 6.66. The SMILES string of the molecule is CCCCCC/C=C\C/C=C\CCCCCCCC(=O)OC(CCCCC/C=C\CCCCCCCCCC)CCCCCCCC(=O)NCC(=O)O. The minimum absolute atomic E-state index is 0.00417. The van der Waals surface area contributed by atoms with Crippen molar-refractivity contribution in [3.05, 3.63) is 36.5 Å². The molecule has 0 spiro atoms. The van der Waals surface area contributed by atoms with Gasteiger partial charge in [-0.05, 0) is 96.3 Å². The molecule has 0 aromatic carbocycles. The molecular weight excluding hydrogens is 659 g/mol. The first kappa shape index (κ1) is 50.6. The van der Waals surface area contributed by atoms with Crippen molar-refractivity contribution < 1.29 is 24.2 Å². The molecule has 0 aliphatic heterocycles. The number of carbonyl (C=O) groups is 3. The van der Waals surface area contributed by atoms with Crippen LogP contribution in [0.25, 0.3) is 0 Å². The number of carboxylic acids is 1. The molecule has 308 valence electrons. The highest BCUT2D eigenvalue weighted by Gasteiger charge is 2.14. The van der Waals surface area contributed by atoms with Crippen molar-refractivity contribution in [1.29, 1.82) is 0 Å². The van der Waals surface area contributed by atoms with Gasteiger partial charge in [0.05, 0.1) is 0 Å². The van der Waals surface area contributed by atoms with Crippen LogP contribution in [0, 0.1) is 0 Å². The van der Waals surface area contributed by atoms with Gasteiger partial charge in [0.15, 0.2) is 0 Å². The molecule has 0 aliphatic rings. The van der Waals surface area contributed by atoms with Crippen LogP contribution >= 0.6 is 0 Å². The van der Waals surface area contributed by atoms with Crippen LogP contribution in [0.1, 0.15) is 232 Å². The highest BCUT2D eigenvalue weighted by Crippen LogP contribution is 2.18. The lowest BCUT2D eigenvalue weighted by Gasteiger charge is -2.18. The number of carboxylic acid groups (broad SMARTS) is 1. The van der Waals surface area contributed by atoms with Gasteiger partial charge in [0, 0.05) is 12.8 Å². The van der Waals surface area contributed by atoms with Crippen molar-refractivity contribution in [3.63, 3.8) is 0 Å². The maximum Gasteiger partial charge on any atom is 0.322 e. The van der Waals surface area contributed by atoms with E-state index in [1.165, 1.54) is 122 Å². The molecular formula is C47H85NO5. The van der Waals surface area contributed by atoms with Crippen LogP contribution in [-0.4, -0.2) is 35.6 Å². The summed E-state index contributed by atoms with van der Waals surface area (Å²) in [7, 11) is 0. The van der Waals surface area contributed by atoms with E-state index in [9.17, 15) is 14.4 Å². The van der Waals surface area contributed by atoms with Gasteiger partial charge in [-0.15, -0.1) is 0 Å². The molecule has 0 aromatic rings. The number of rotatable bonds is 41. The Labute approximate surface area is 327 Å². The Kier molecular flexibility index (Phi) is 40.5. The van der Waals surface area contributed by atoms with Crippen molar-refractivity contribution in [2.24, 2.45) is 0 Å². The number of nitrogens with one attached hydrogen (secondary N) is 1. The zero-order valence-corrected chi connectivity index (χ0v) is 34.9. The predicted molar refractivity (Wildman–Crippen MR) is 226 cm³/mol. The van der Waals surface area contributed by atoms with E-state index in [0.717, 1.165) is 83.5 Å². The zero-order valence-electron chi connectivity index (χ0n) is 34.9. The molecule has 1 amide bonds. The fourth-order valence-corrected chi connectivity index (χ4v) is 6.66. The molecule has 1 unspecified atom stereocenters. The topological polar surface area (TPSA) is 92.7 Å². The third-order valence-corrected chi connectivity index (χ3v) is 10.0. The molecule has 0 heterocycles. The minimum Gasteiger partial charge on any atom is -0.480 e. The number of allylic oxidation sites excluding steroid dienone is 6. The lowest BCUT2D eigenvalue weighted by Crippen LogP contribution is -2.28. The summed E-state index contributed by atoms with van der Waals surface area (Å²) in [6.07, 6.45) is 52.7. The molecule has 1 atom stereocenters. The predicted octanol–water partition coefficient (Wildman–Crippen LogP) is 14.1. The van der Waals surface area contributed by atoms with E-state index in [4.69, 9.17) is 9.84 Å². The van der Waals surface area contributed by atoms with E-state index in [1.807, 2.05) is 0 Å². The van der Waals surface area contributed by atoms with E-state index in [-0.39, 0.29) is 24.5 Å². The lowest BCUT2D eigenvalue weighted by molar-refractivity contribution is -0.150. The number of esters is 1. The Balaban J connectivity index is 4.22. The molecule has 0 bridgehead atoms. The third kappa shape index (κ3) is 42.2. The summed E-state index contributed by atoms with van der Waals surface area (Å²) in [5, 5.41) is 11.1. The standard InChI is InChI=1S/C47H85NO5/c1-3-5-7-9-11-13-15-17-19-21-23-25-27-29-34-38-42-47(52)53-44(40-36-32-30-33-37-41-45(49)48-43-46(50)51)39-35-31-28-26-24-22-20-18-16-14-12-10-8-6-4-2/h13,15,19,21-22,24,44H,3-12,14,16-18,20,23,25-43H2,1-2H3,(H,48,49)(H,50,51)/b15-13-,21-19-,24-22-. The van der Waals surface area contributed by atoms with Crippen LogP contribution in [0.4, 0.5) is 0 Å². The molecule has 0 fully saturated rings. The van der Waals surface area contributed by atoms with E-state index in [0.29, 0.717) is 12.8 Å². The van der Waals surface area contributed by atoms with Gasteiger partial charge in [-0.25, -0.2) is 0 Å². The van der Waals surface area contributed by atoms with E-state index in [1.54, 1.807) is 0 Å². The molecule has 2 N–H and O–H groups in total. The Morgan fingerprint density at radius 2 is 0.868 bits per heavy atom. The fraction of sp³-hybridized carbons (Fsp3) is 0.809. The van der Waals surface area contributed by atoms with E-state index < -0.39 is 5.97 Å². The van der Waals surface area contributed by atoms with Gasteiger partial charge in [0.2, 0.25) is 5.91 Å². The first-order valence-corrected chi connectivity index (χ1v) is 22.6. The number of aliphatic carboxylic acids is 1. The van der Waals surface area contributed by atoms with E-state index >= 15 is 0 Å². The first-order valence-electron chi connectivity index (χ1n) is 22.6. The van der Waals surface area contributed by atoms with Gasteiger partial charge in [-0.2, -0.15) is 0 Å². The third-order valence-electron chi connectivity index (χ3n) is 10.0. The van der Waals surface area contributed by atoms with Crippen LogP contribution in [0.5, 0.6) is 0 Å². The highest BCUT2D eigenvalue weighted by molar-refractivity contribution is 5.80. The average molecular weight is 744 g/mol. The second-order valence-corrected chi connectivity index (χ2v) is 15.3. The number of unbranched alkanes of at least 4 members (excludes halogenated alkanes) is 24. The van der Waals surface area contributed by atoms with Crippen molar-refractivity contribution >= 4 is 17.8 Å². The zero-order chi connectivity index (χ0) is 38.7. The Bertz CT molecular complexity index is 911. The molecule has 6 nitrogen and oxygen atoms in total. The molecule has 0 saturated carbocycles. The smallest absolute Gasteiger partial charge is 0.322 e. The molecule has 0 saturated heterocycles. The van der Waals surface area contributed by atoms with Gasteiger partial charge in [-0.3, -0.25) is 14.4 Å². The largest absolute Gasteiger partial charge is 0.480 e. The van der Waals surface area contributed by atoms with Crippen molar-refractivity contribution in [2.45, 2.75) is 238 Å². The van der Waals surface area contributed by atoms with E-state index in [2.05, 4.69) is 55.6 Å². The number of hydrogen-bond donors (Lipinski definition) is 2. The lowest BCUT2D eigenvalue weighted by atomic mass is 10.0. The van der Waals surface area contributed by atoms with Crippen molar-refractivity contribution in [1.82, 2.24) is 5.32 Å². The highest BCUT2D eigenvalue weighted by atomic mass is 16.5. The summed E-state index contributed by atoms with van der Waals surface area (Å²) in [5.74, 6) is -1.25. The van der Waals surface area contributed by atoms with Crippen molar-refractivity contribution in [3.8, 4) is 0 Å². The maximum atomic E-state index is 12.8. The molecule has 53 heavy (non-hydrogen) atoms. The molecule has 0 aliphatic carbocycles. The average Bonchev–Trinajstić information content (AvgIpc) is 3.14. The maximum absolute atomic E-state index is 12.8. The molecule has 0 radical (unpaired) electrons. The summed E-state index contributed by atoms with van der Waals surface area (Å²) in [6, 6.07) is 0. The number of amides is 1. The molecule has 6 heteroatoms. The second-order valence-electron chi connectivity index (χ2n) is 15.3. The quantitative estimate of drug-likeness (QED) is 0.0369. The van der Waals surface area contributed by atoms with Crippen LogP contribution in [0.2, 0.25) is 0 Å². The summed E-state index contributed by atoms with van der Waals surface area (Å²) < 4.78 is 6.03. The number of hydrogen-bond acceptors (Lipinski definition) is 4. The molecule has 0 aromatic heterocycles. The Hall–Kier alpha value is -2.37. The van der Waals surface area contributed by atoms with Gasteiger partial charge >= 0.3 is 11.9 Å². The van der Waals surface area contributed by atoms with Gasteiger partial charge < -0.3 is 15.2 Å². The van der Waals surface area contributed by atoms with Gasteiger partial charge in [0.25, 0.3) is 0 Å². The Morgan fingerprint density at radius 3 is 1.36 bits per heavy atom. The number of carbonyl (C=O) groups excluding carboxylic acids is 2. The first-order chi connectivity index (χ1) is 26.0. The Morgan fingerprint density at radius 1 is 0.491 bits per heavy atom. The second kappa shape index (κ2) is 42.4. The summed E-state index contributed by atoms with van der Waals surface area (Å²) in [5.41, 5.74) is 0. The van der Waals surface area contributed by atoms with Crippen LogP contribution < -0.4 is 5.32 Å². The van der Waals surface area contributed by atoms with Crippen LogP contribution in [0.3, 0.4) is 0 Å². The van der Waals surface area contributed by atoms with Gasteiger partial charge in [-0.1, -0.05) is 159 Å². The summed E-state index contributed by atoms with van der Waals surface area (Å²) in [4.78, 5) is 35.1. The normalized spacial score (nSPS) is 12.3.